The average Bonchev–Trinajstić information content (AvgIpc) is 3.66. The van der Waals surface area contributed by atoms with E-state index in [4.69, 9.17) is 23.7 Å². The number of aromatic nitrogens is 1. The fraction of sp³-hybridized carbons (Fsp3) is 0.219. The van der Waals surface area contributed by atoms with E-state index in [2.05, 4.69) is 4.98 Å². The molecule has 0 radical (unpaired) electrons. The largest absolute Gasteiger partial charge is 0.461 e. The first-order chi connectivity index (χ1) is 20.9. The van der Waals surface area contributed by atoms with Gasteiger partial charge < -0.3 is 23.7 Å². The van der Waals surface area contributed by atoms with E-state index >= 15 is 0 Å². The summed E-state index contributed by atoms with van der Waals surface area (Å²) in [4.78, 5) is 55.9. The normalized spacial score (nSPS) is 19.3. The van der Waals surface area contributed by atoms with E-state index < -0.39 is 48.3 Å². The zero-order chi connectivity index (χ0) is 30.2. The quantitative estimate of drug-likeness (QED) is 0.180. The molecule has 11 heteroatoms. The van der Waals surface area contributed by atoms with Crippen molar-refractivity contribution in [3.05, 3.63) is 124 Å². The SMILES string of the molecule is CCOC(=O)c1csc([C@H]2O[C@@H](COC(=O)c3ccccc3)[C@@H](OC(=O)c3ccccc3)[C@@H]2OC(=O)c2ccccc2)n1. The third-order valence-corrected chi connectivity index (χ3v) is 7.36. The van der Waals surface area contributed by atoms with Gasteiger partial charge in [-0.15, -0.1) is 11.3 Å². The Labute approximate surface area is 251 Å². The Bertz CT molecular complexity index is 1560. The van der Waals surface area contributed by atoms with Crippen molar-refractivity contribution in [3.8, 4) is 0 Å². The molecule has 10 nitrogen and oxygen atoms in total. The molecule has 2 heterocycles. The second kappa shape index (κ2) is 13.9. The van der Waals surface area contributed by atoms with Crippen LogP contribution in [0.15, 0.2) is 96.4 Å². The molecule has 0 spiro atoms. The lowest BCUT2D eigenvalue weighted by atomic mass is 10.1. The highest BCUT2D eigenvalue weighted by Gasteiger charge is 2.52. The van der Waals surface area contributed by atoms with E-state index in [9.17, 15) is 19.2 Å². The fourth-order valence-electron chi connectivity index (χ4n) is 4.40. The Morgan fingerprint density at radius 1 is 0.698 bits per heavy atom. The Morgan fingerprint density at radius 3 is 1.74 bits per heavy atom. The molecular weight excluding hydrogens is 574 g/mol. The minimum absolute atomic E-state index is 0.0513. The number of esters is 4. The van der Waals surface area contributed by atoms with Gasteiger partial charge >= 0.3 is 23.9 Å². The van der Waals surface area contributed by atoms with Crippen molar-refractivity contribution >= 4 is 35.2 Å². The maximum atomic E-state index is 13.2. The molecule has 43 heavy (non-hydrogen) atoms. The molecule has 1 saturated heterocycles. The van der Waals surface area contributed by atoms with Crippen molar-refractivity contribution in [3.63, 3.8) is 0 Å². The molecule has 5 rings (SSSR count). The summed E-state index contributed by atoms with van der Waals surface area (Å²) in [6, 6.07) is 24.9. The van der Waals surface area contributed by atoms with Crippen LogP contribution in [0, 0.1) is 0 Å². The fourth-order valence-corrected chi connectivity index (χ4v) is 5.25. The van der Waals surface area contributed by atoms with Crippen molar-refractivity contribution < 1.29 is 42.9 Å². The van der Waals surface area contributed by atoms with Gasteiger partial charge in [-0.1, -0.05) is 54.6 Å². The summed E-state index contributed by atoms with van der Waals surface area (Å²) in [6.07, 6.45) is -4.52. The highest BCUT2D eigenvalue weighted by atomic mass is 32.1. The molecule has 3 aromatic carbocycles. The van der Waals surface area contributed by atoms with E-state index in [1.54, 1.807) is 97.9 Å². The van der Waals surface area contributed by atoms with Crippen LogP contribution >= 0.6 is 11.3 Å². The summed E-state index contributed by atoms with van der Waals surface area (Å²) in [6.45, 7) is 1.51. The predicted octanol–water partition coefficient (Wildman–Crippen LogP) is 5.07. The number of ether oxygens (including phenoxy) is 5. The third kappa shape index (κ3) is 7.14. The molecule has 4 aromatic rings. The Balaban J connectivity index is 1.47. The zero-order valence-electron chi connectivity index (χ0n) is 23.0. The van der Waals surface area contributed by atoms with Crippen LogP contribution in [0.25, 0.3) is 0 Å². The second-order valence-electron chi connectivity index (χ2n) is 9.32. The first-order valence-electron chi connectivity index (χ1n) is 13.5. The number of hydrogen-bond donors (Lipinski definition) is 0. The highest BCUT2D eigenvalue weighted by molar-refractivity contribution is 7.09. The van der Waals surface area contributed by atoms with E-state index in [0.717, 1.165) is 11.3 Å². The first kappa shape index (κ1) is 29.6. The van der Waals surface area contributed by atoms with Crippen LogP contribution in [-0.2, 0) is 23.7 Å². The molecule has 0 aliphatic carbocycles. The average molecular weight is 602 g/mol. The van der Waals surface area contributed by atoms with Crippen molar-refractivity contribution in [2.45, 2.75) is 31.3 Å². The van der Waals surface area contributed by atoms with Gasteiger partial charge in [0.05, 0.1) is 23.3 Å². The summed E-state index contributed by atoms with van der Waals surface area (Å²) in [5.74, 6) is -2.62. The smallest absolute Gasteiger partial charge is 0.357 e. The number of carbonyl (C=O) groups is 4. The second-order valence-corrected chi connectivity index (χ2v) is 10.2. The molecule has 0 unspecified atom stereocenters. The number of rotatable bonds is 10. The Kier molecular flexibility index (Phi) is 9.55. The van der Waals surface area contributed by atoms with Crippen LogP contribution in [-0.4, -0.2) is 60.4 Å². The van der Waals surface area contributed by atoms with Gasteiger partial charge in [0.2, 0.25) is 0 Å². The minimum Gasteiger partial charge on any atom is -0.461 e. The van der Waals surface area contributed by atoms with Crippen LogP contribution in [0.1, 0.15) is 59.6 Å². The van der Waals surface area contributed by atoms with E-state index in [1.807, 2.05) is 0 Å². The molecule has 220 valence electrons. The number of benzene rings is 3. The third-order valence-electron chi connectivity index (χ3n) is 6.45. The van der Waals surface area contributed by atoms with Crippen LogP contribution in [0.2, 0.25) is 0 Å². The van der Waals surface area contributed by atoms with Crippen molar-refractivity contribution in [2.24, 2.45) is 0 Å². The molecule has 4 atom stereocenters. The van der Waals surface area contributed by atoms with Gasteiger partial charge in [-0.3, -0.25) is 0 Å². The van der Waals surface area contributed by atoms with Gasteiger partial charge in [-0.25, -0.2) is 24.2 Å². The van der Waals surface area contributed by atoms with E-state index in [0.29, 0.717) is 5.56 Å². The van der Waals surface area contributed by atoms with Crippen molar-refractivity contribution in [1.82, 2.24) is 4.98 Å². The maximum Gasteiger partial charge on any atom is 0.357 e. The first-order valence-corrected chi connectivity index (χ1v) is 14.3. The van der Waals surface area contributed by atoms with Gasteiger partial charge in [0.25, 0.3) is 0 Å². The molecule has 1 aromatic heterocycles. The topological polar surface area (TPSA) is 127 Å². The van der Waals surface area contributed by atoms with Crippen molar-refractivity contribution in [2.75, 3.05) is 13.2 Å². The molecule has 0 amide bonds. The van der Waals surface area contributed by atoms with Crippen LogP contribution < -0.4 is 0 Å². The molecule has 1 aliphatic rings. The Morgan fingerprint density at radius 2 is 1.21 bits per heavy atom. The lowest BCUT2D eigenvalue weighted by Gasteiger charge is -2.24. The summed E-state index contributed by atoms with van der Waals surface area (Å²) in [5, 5.41) is 1.78. The summed E-state index contributed by atoms with van der Waals surface area (Å²) >= 11 is 1.09. The summed E-state index contributed by atoms with van der Waals surface area (Å²) < 4.78 is 28.7. The number of hydrogen-bond acceptors (Lipinski definition) is 11. The van der Waals surface area contributed by atoms with Crippen LogP contribution in [0.4, 0.5) is 0 Å². The highest BCUT2D eigenvalue weighted by Crippen LogP contribution is 2.39. The van der Waals surface area contributed by atoms with Crippen molar-refractivity contribution in [1.29, 1.82) is 0 Å². The Hall–Kier alpha value is -4.87. The van der Waals surface area contributed by atoms with E-state index in [-0.39, 0.29) is 35.0 Å². The van der Waals surface area contributed by atoms with Crippen LogP contribution in [0.5, 0.6) is 0 Å². The standard InChI is InChI=1S/C32H27NO9S/c1-2-38-32(37)23-19-43-28(33-23)27-26(42-31(36)22-16-10-5-11-17-22)25(41-30(35)21-14-8-4-9-15-21)24(40-27)18-39-29(34)20-12-6-3-7-13-20/h3-17,19,24-27H,2,18H2,1H3/t24-,25+,26-,27-/m0/s1. The predicted molar refractivity (Wildman–Crippen MR) is 154 cm³/mol. The van der Waals surface area contributed by atoms with E-state index in [1.165, 1.54) is 5.38 Å². The van der Waals surface area contributed by atoms with Crippen LogP contribution in [0.3, 0.4) is 0 Å². The molecule has 1 aliphatic heterocycles. The van der Waals surface area contributed by atoms with Gasteiger partial charge in [-0.05, 0) is 43.3 Å². The zero-order valence-corrected chi connectivity index (χ0v) is 23.8. The summed E-state index contributed by atoms with van der Waals surface area (Å²) in [5.41, 5.74) is 0.897. The molecular formula is C32H27NO9S. The lowest BCUT2D eigenvalue weighted by Crippen LogP contribution is -2.40. The molecule has 0 saturated carbocycles. The molecule has 0 N–H and O–H groups in total. The van der Waals surface area contributed by atoms with Gasteiger partial charge in [0, 0.05) is 5.38 Å². The molecule has 1 fully saturated rings. The number of thiazole rings is 1. The summed E-state index contributed by atoms with van der Waals surface area (Å²) in [7, 11) is 0. The monoisotopic (exact) mass is 601 g/mol. The van der Waals surface area contributed by atoms with Gasteiger partial charge in [0.15, 0.2) is 24.0 Å². The number of carbonyl (C=O) groups excluding carboxylic acids is 4. The minimum atomic E-state index is -1.21. The van der Waals surface area contributed by atoms with Gasteiger partial charge in [0.1, 0.15) is 17.7 Å². The number of nitrogens with zero attached hydrogens (tertiary/aromatic N) is 1. The lowest BCUT2D eigenvalue weighted by molar-refractivity contribution is -0.0450. The maximum absolute atomic E-state index is 13.2. The molecule has 0 bridgehead atoms. The van der Waals surface area contributed by atoms with Gasteiger partial charge in [-0.2, -0.15) is 0 Å².